The maximum Gasteiger partial charge on any atom is 0.151 e. The third-order valence-electron chi connectivity index (χ3n) is 7.81. The monoisotopic (exact) mass is 568 g/mol. The zero-order valence-corrected chi connectivity index (χ0v) is 23.8. The molecule has 2 aliphatic rings. The molecule has 4 atom stereocenters. The lowest BCUT2D eigenvalue weighted by atomic mass is 9.94. The van der Waals surface area contributed by atoms with Crippen molar-refractivity contribution in [3.63, 3.8) is 0 Å². The third kappa shape index (κ3) is 5.76. The third-order valence-corrected chi connectivity index (χ3v) is 9.95. The smallest absolute Gasteiger partial charge is 0.151 e. The van der Waals surface area contributed by atoms with Gasteiger partial charge in [0.1, 0.15) is 18.0 Å². The van der Waals surface area contributed by atoms with E-state index in [2.05, 4.69) is 83.1 Å². The molecule has 7 rings (SSSR count). The van der Waals surface area contributed by atoms with Crippen LogP contribution < -0.4 is 10.1 Å². The minimum Gasteiger partial charge on any atom is -0.493 e. The molecule has 5 nitrogen and oxygen atoms in total. The number of aromatic nitrogens is 1. The van der Waals surface area contributed by atoms with Gasteiger partial charge in [0.25, 0.3) is 0 Å². The molecule has 1 aromatic heterocycles. The fourth-order valence-electron chi connectivity index (χ4n) is 5.80. The van der Waals surface area contributed by atoms with Crippen LogP contribution in [-0.4, -0.2) is 41.6 Å². The number of thioether (sulfide) groups is 1. The first-order chi connectivity index (χ1) is 19.8. The van der Waals surface area contributed by atoms with Crippen LogP contribution in [0.3, 0.4) is 0 Å². The van der Waals surface area contributed by atoms with Gasteiger partial charge in [-0.05, 0) is 65.1 Å². The molecule has 0 aliphatic carbocycles. The molecular weight excluding hydrogens is 537 g/mol. The second-order valence-electron chi connectivity index (χ2n) is 10.5. The van der Waals surface area contributed by atoms with Crippen LogP contribution in [0, 0.1) is 0 Å². The van der Waals surface area contributed by atoms with Crippen molar-refractivity contribution in [1.29, 1.82) is 0 Å². The molecule has 0 amide bonds. The van der Waals surface area contributed by atoms with E-state index in [0.29, 0.717) is 31.9 Å². The molecule has 5 aromatic rings. The maximum absolute atomic E-state index is 6.48. The molecule has 1 N–H and O–H groups in total. The van der Waals surface area contributed by atoms with Gasteiger partial charge in [-0.25, -0.2) is 4.98 Å². The van der Waals surface area contributed by atoms with Gasteiger partial charge in [-0.15, -0.1) is 11.3 Å². The minimum atomic E-state index is 0.0645. The number of hydrogen-bond acceptors (Lipinski definition) is 7. The average Bonchev–Trinajstić information content (AvgIpc) is 3.72. The van der Waals surface area contributed by atoms with E-state index in [4.69, 9.17) is 14.2 Å². The quantitative estimate of drug-likeness (QED) is 0.134. The van der Waals surface area contributed by atoms with Gasteiger partial charge in [-0.2, -0.15) is 0 Å². The van der Waals surface area contributed by atoms with Crippen molar-refractivity contribution < 1.29 is 14.2 Å². The number of benzene rings is 4. The Labute approximate surface area is 242 Å². The molecule has 0 saturated carbocycles. The molecule has 3 heterocycles. The normalized spacial score (nSPS) is 21.9. The second-order valence-corrected chi connectivity index (χ2v) is 12.9. The molecular formula is C33H32N2O3S2. The summed E-state index contributed by atoms with van der Waals surface area (Å²) in [7, 11) is 0. The zero-order chi connectivity index (χ0) is 26.7. The number of nitrogens with one attached hydrogen (secondary N) is 1. The van der Waals surface area contributed by atoms with Crippen LogP contribution in [-0.2, 0) is 22.7 Å². The van der Waals surface area contributed by atoms with E-state index in [0.717, 1.165) is 39.8 Å². The predicted octanol–water partition coefficient (Wildman–Crippen LogP) is 7.23. The van der Waals surface area contributed by atoms with Gasteiger partial charge in [-0.3, -0.25) is 0 Å². The van der Waals surface area contributed by atoms with Gasteiger partial charge in [0, 0.05) is 17.8 Å². The number of nitrogens with zero attached hydrogens (tertiary/aromatic N) is 1. The van der Waals surface area contributed by atoms with Crippen molar-refractivity contribution in [1.82, 2.24) is 10.3 Å². The molecule has 2 saturated heterocycles. The number of fused-ring (bicyclic) bond motifs is 4. The molecule has 2 fully saturated rings. The minimum absolute atomic E-state index is 0.0645. The number of ether oxygens (including phenoxy) is 3. The van der Waals surface area contributed by atoms with Crippen LogP contribution in [0.4, 0.5) is 0 Å². The Bertz CT molecular complexity index is 1560. The first-order valence-corrected chi connectivity index (χ1v) is 15.8. The van der Waals surface area contributed by atoms with E-state index in [1.807, 2.05) is 18.2 Å². The number of hydrogen-bond donors (Lipinski definition) is 1. The van der Waals surface area contributed by atoms with Gasteiger partial charge < -0.3 is 19.5 Å². The summed E-state index contributed by atoms with van der Waals surface area (Å²) in [5, 5.41) is 6.22. The van der Waals surface area contributed by atoms with Gasteiger partial charge >= 0.3 is 0 Å². The Morgan fingerprint density at radius 1 is 0.775 bits per heavy atom. The topological polar surface area (TPSA) is 52.6 Å². The highest BCUT2D eigenvalue weighted by Gasteiger charge is 2.48. The fourth-order valence-corrected chi connectivity index (χ4v) is 7.75. The maximum atomic E-state index is 6.48. The molecule has 0 spiro atoms. The highest BCUT2D eigenvalue weighted by atomic mass is 32.2. The lowest BCUT2D eigenvalue weighted by Gasteiger charge is -2.29. The summed E-state index contributed by atoms with van der Waals surface area (Å²) in [5.41, 5.74) is 3.42. The summed E-state index contributed by atoms with van der Waals surface area (Å²) < 4.78 is 21.2. The van der Waals surface area contributed by atoms with E-state index >= 15 is 0 Å². The van der Waals surface area contributed by atoms with Crippen LogP contribution in [0.5, 0.6) is 5.75 Å². The largest absolute Gasteiger partial charge is 0.493 e. The van der Waals surface area contributed by atoms with E-state index in [1.54, 1.807) is 23.1 Å². The number of thiazole rings is 1. The van der Waals surface area contributed by atoms with Crippen molar-refractivity contribution in [2.24, 2.45) is 0 Å². The van der Waals surface area contributed by atoms with Crippen LogP contribution in [0.1, 0.15) is 24.0 Å². The summed E-state index contributed by atoms with van der Waals surface area (Å²) in [5.74, 6) is 1.74. The van der Waals surface area contributed by atoms with Gasteiger partial charge in [0.05, 0.1) is 30.0 Å². The molecule has 2 bridgehead atoms. The van der Waals surface area contributed by atoms with Crippen LogP contribution >= 0.6 is 23.1 Å². The fraction of sp³-hybridized carbons (Fsp3) is 0.303. The highest BCUT2D eigenvalue weighted by Crippen LogP contribution is 2.34. The zero-order valence-electron chi connectivity index (χ0n) is 22.2. The van der Waals surface area contributed by atoms with Crippen molar-refractivity contribution in [2.75, 3.05) is 12.4 Å². The van der Waals surface area contributed by atoms with Crippen molar-refractivity contribution in [3.05, 3.63) is 102 Å². The van der Waals surface area contributed by atoms with Gasteiger partial charge in [0.2, 0.25) is 0 Å². The molecule has 7 heteroatoms. The van der Waals surface area contributed by atoms with E-state index in [1.165, 1.54) is 21.0 Å². The first kappa shape index (κ1) is 26.0. The summed E-state index contributed by atoms with van der Waals surface area (Å²) in [6, 6.07) is 32.3. The van der Waals surface area contributed by atoms with Crippen LogP contribution in [0.25, 0.3) is 21.0 Å². The Balaban J connectivity index is 0.889. The van der Waals surface area contributed by atoms with E-state index < -0.39 is 0 Å². The first-order valence-electron chi connectivity index (χ1n) is 14.0. The summed E-state index contributed by atoms with van der Waals surface area (Å²) in [6.07, 6.45) is 2.43. The Morgan fingerprint density at radius 3 is 2.27 bits per heavy atom. The Morgan fingerprint density at radius 2 is 1.48 bits per heavy atom. The number of para-hydroxylation sites is 1. The Hall–Kier alpha value is -2.94. The Kier molecular flexibility index (Phi) is 7.72. The lowest BCUT2D eigenvalue weighted by Crippen LogP contribution is -2.40. The summed E-state index contributed by atoms with van der Waals surface area (Å²) in [4.78, 5) is 4.68. The average molecular weight is 569 g/mol. The molecule has 40 heavy (non-hydrogen) atoms. The molecule has 0 unspecified atom stereocenters. The molecule has 4 aromatic carbocycles. The van der Waals surface area contributed by atoms with Crippen LogP contribution in [0.15, 0.2) is 95.3 Å². The molecule has 204 valence electrons. The second kappa shape index (κ2) is 11.9. The van der Waals surface area contributed by atoms with Crippen molar-refractivity contribution in [2.45, 2.75) is 54.7 Å². The molecule has 0 radical (unpaired) electrons. The highest BCUT2D eigenvalue weighted by molar-refractivity contribution is 8.01. The van der Waals surface area contributed by atoms with Gasteiger partial charge in [0.15, 0.2) is 4.34 Å². The van der Waals surface area contributed by atoms with Crippen molar-refractivity contribution >= 4 is 44.1 Å². The number of rotatable bonds is 11. The van der Waals surface area contributed by atoms with E-state index in [-0.39, 0.29) is 12.2 Å². The van der Waals surface area contributed by atoms with Crippen LogP contribution in [0.2, 0.25) is 0 Å². The lowest BCUT2D eigenvalue weighted by molar-refractivity contribution is -0.0887. The summed E-state index contributed by atoms with van der Waals surface area (Å²) in [6.45, 7) is 1.81. The standard InChI is InChI=1S/C33H32N2O3S2/c1-2-6-25-19-23(9-12-24(25)5-1)21-38-32-29-16-15-28(34-29)31(32)37-20-22-10-13-26(14-11-22)36-17-18-39-33-35-27-7-3-4-8-30(27)40-33/h1-14,19,28-29,31-32,34H,15-18,20-21H2/t28-,29+,31-,32+/m0/s1. The van der Waals surface area contributed by atoms with E-state index in [9.17, 15) is 0 Å². The van der Waals surface area contributed by atoms with Crippen molar-refractivity contribution in [3.8, 4) is 5.75 Å². The summed E-state index contributed by atoms with van der Waals surface area (Å²) >= 11 is 3.48. The SMILES string of the molecule is c1ccc2cc(CO[C@H]3[C@@H](OCc4ccc(OCCSc5nc6ccccc6s5)cc4)[C@@H]4CC[C@H]3N4)ccc2c1. The predicted molar refractivity (Wildman–Crippen MR) is 163 cm³/mol. The van der Waals surface area contributed by atoms with Gasteiger partial charge in [-0.1, -0.05) is 72.4 Å². The molecule has 2 aliphatic heterocycles.